The molecule has 0 spiro atoms. The Morgan fingerprint density at radius 2 is 1.66 bits per heavy atom. The van der Waals surface area contributed by atoms with Gasteiger partial charge in [-0.25, -0.2) is 13.1 Å². The summed E-state index contributed by atoms with van der Waals surface area (Å²) >= 11 is 0. The van der Waals surface area contributed by atoms with Crippen LogP contribution in [-0.4, -0.2) is 28.3 Å². The summed E-state index contributed by atoms with van der Waals surface area (Å²) in [4.78, 5) is 37.1. The summed E-state index contributed by atoms with van der Waals surface area (Å²) in [7, 11) is -2.49. The molecule has 0 aliphatic carbocycles. The van der Waals surface area contributed by atoms with Gasteiger partial charge in [-0.1, -0.05) is 30.3 Å². The number of rotatable bonds is 7. The fourth-order valence-electron chi connectivity index (χ4n) is 3.57. The van der Waals surface area contributed by atoms with E-state index in [9.17, 15) is 22.8 Å². The van der Waals surface area contributed by atoms with Gasteiger partial charge in [-0.3, -0.25) is 23.8 Å². The van der Waals surface area contributed by atoms with Gasteiger partial charge in [0.1, 0.15) is 12.2 Å². The number of aromatic nitrogens is 3. The number of hydrogen-bond donors (Lipinski definition) is 2. The van der Waals surface area contributed by atoms with E-state index < -0.39 is 21.5 Å². The molecule has 0 aliphatic rings. The first-order chi connectivity index (χ1) is 16.7. The molecule has 2 aromatic heterocycles. The van der Waals surface area contributed by atoms with Gasteiger partial charge in [0.15, 0.2) is 0 Å². The van der Waals surface area contributed by atoms with Crippen LogP contribution in [0.1, 0.15) is 5.69 Å². The molecule has 0 bridgehead atoms. The Labute approximate surface area is 201 Å². The minimum Gasteiger partial charge on any atom is -0.324 e. The van der Waals surface area contributed by atoms with Gasteiger partial charge >= 0.3 is 0 Å². The first-order valence-corrected chi connectivity index (χ1v) is 12.1. The molecule has 2 heterocycles. The number of nitrogens with one attached hydrogen (secondary N) is 2. The van der Waals surface area contributed by atoms with E-state index in [-0.39, 0.29) is 28.4 Å². The highest BCUT2D eigenvalue weighted by atomic mass is 32.2. The van der Waals surface area contributed by atoms with Crippen molar-refractivity contribution in [2.24, 2.45) is 7.05 Å². The molecule has 0 radical (unpaired) electrons. The third kappa shape index (κ3) is 4.94. The predicted molar refractivity (Wildman–Crippen MR) is 132 cm³/mol. The van der Waals surface area contributed by atoms with Gasteiger partial charge in [0.2, 0.25) is 5.91 Å². The van der Waals surface area contributed by atoms with E-state index in [1.54, 1.807) is 55.1 Å². The van der Waals surface area contributed by atoms with Crippen LogP contribution < -0.4 is 21.2 Å². The van der Waals surface area contributed by atoms with E-state index in [4.69, 9.17) is 0 Å². The molecule has 0 unspecified atom stereocenters. The average molecular weight is 494 g/mol. The van der Waals surface area contributed by atoms with Gasteiger partial charge in [-0.05, 0) is 43.3 Å². The first kappa shape index (κ1) is 23.8. The normalized spacial score (nSPS) is 11.3. The molecule has 1 amide bonds. The molecule has 11 heteroatoms. The number of hydrogen-bond acceptors (Lipinski definition) is 5. The predicted octanol–water partition coefficient (Wildman–Crippen LogP) is 2.09. The molecule has 0 atom stereocenters. The lowest BCUT2D eigenvalue weighted by molar-refractivity contribution is -0.116. The van der Waals surface area contributed by atoms with Crippen molar-refractivity contribution < 1.29 is 13.2 Å². The van der Waals surface area contributed by atoms with Crippen LogP contribution >= 0.6 is 0 Å². The Kier molecular flexibility index (Phi) is 6.43. The van der Waals surface area contributed by atoms with Gasteiger partial charge in [0.25, 0.3) is 21.1 Å². The summed E-state index contributed by atoms with van der Waals surface area (Å²) in [6.07, 6.45) is 1.48. The molecule has 180 valence electrons. The second-order valence-electron chi connectivity index (χ2n) is 7.78. The van der Waals surface area contributed by atoms with Crippen molar-refractivity contribution in [1.29, 1.82) is 0 Å². The van der Waals surface area contributed by atoms with Crippen LogP contribution in [0.2, 0.25) is 0 Å². The number of carbonyl (C=O) groups excluding carboxylic acids is 1. The van der Waals surface area contributed by atoms with Crippen molar-refractivity contribution in [3.63, 3.8) is 0 Å². The molecular formula is C24H23N5O5S. The smallest absolute Gasteiger partial charge is 0.296 e. The van der Waals surface area contributed by atoms with Gasteiger partial charge in [-0.15, -0.1) is 0 Å². The van der Waals surface area contributed by atoms with E-state index in [0.717, 1.165) is 0 Å². The number of nitrogens with zero attached hydrogens (tertiary/aromatic N) is 3. The highest BCUT2D eigenvalue weighted by Crippen LogP contribution is 2.21. The number of carbonyl (C=O) groups is 1. The SMILES string of the molecule is Cc1c(NS(=O)(=O)c2cccc(NC(=O)Cn3ccccc3=O)c2)c(=O)n(-c2ccccc2)n1C. The van der Waals surface area contributed by atoms with Crippen LogP contribution in [0.5, 0.6) is 0 Å². The summed E-state index contributed by atoms with van der Waals surface area (Å²) in [5.41, 5.74) is 0.332. The molecule has 0 saturated carbocycles. The fraction of sp³-hybridized carbons (Fsp3) is 0.125. The van der Waals surface area contributed by atoms with Crippen LogP contribution in [0.3, 0.4) is 0 Å². The monoisotopic (exact) mass is 493 g/mol. The fourth-order valence-corrected chi connectivity index (χ4v) is 4.73. The van der Waals surface area contributed by atoms with Gasteiger partial charge in [0.05, 0.1) is 16.3 Å². The molecule has 2 aromatic carbocycles. The minimum atomic E-state index is -4.15. The molecule has 10 nitrogen and oxygen atoms in total. The van der Waals surface area contributed by atoms with Gasteiger partial charge in [0, 0.05) is 25.0 Å². The van der Waals surface area contributed by atoms with Crippen LogP contribution in [-0.2, 0) is 28.4 Å². The largest absolute Gasteiger partial charge is 0.324 e. The second kappa shape index (κ2) is 9.47. The molecule has 4 rings (SSSR count). The molecule has 4 aromatic rings. The standard InChI is InChI=1S/C24H23N5O5S/c1-17-23(24(32)29(27(17)2)19-10-4-3-5-11-19)26-35(33,34)20-12-8-9-18(15-20)25-21(30)16-28-14-7-6-13-22(28)31/h3-15,26H,16H2,1-2H3,(H,25,30). The van der Waals surface area contributed by atoms with Gasteiger partial charge < -0.3 is 9.88 Å². The molecule has 0 saturated heterocycles. The number of sulfonamides is 1. The van der Waals surface area contributed by atoms with Crippen molar-refractivity contribution in [3.8, 4) is 5.69 Å². The zero-order chi connectivity index (χ0) is 25.2. The van der Waals surface area contributed by atoms with Crippen molar-refractivity contribution in [3.05, 3.63) is 105 Å². The van der Waals surface area contributed by atoms with Crippen molar-refractivity contribution >= 4 is 27.3 Å². The number of pyridine rings is 1. The molecular weight excluding hydrogens is 470 g/mol. The number of para-hydroxylation sites is 1. The van der Waals surface area contributed by atoms with Crippen LogP contribution in [0.4, 0.5) is 11.4 Å². The summed E-state index contributed by atoms with van der Waals surface area (Å²) in [6, 6.07) is 19.0. The van der Waals surface area contributed by atoms with E-state index in [1.807, 2.05) is 6.07 Å². The topological polar surface area (TPSA) is 124 Å². The summed E-state index contributed by atoms with van der Waals surface area (Å²) < 4.78 is 32.8. The maximum Gasteiger partial charge on any atom is 0.296 e. The molecule has 35 heavy (non-hydrogen) atoms. The zero-order valence-corrected chi connectivity index (χ0v) is 19.8. The third-order valence-electron chi connectivity index (χ3n) is 5.43. The third-order valence-corrected chi connectivity index (χ3v) is 6.78. The molecule has 2 N–H and O–H groups in total. The lowest BCUT2D eigenvalue weighted by atomic mass is 10.3. The zero-order valence-electron chi connectivity index (χ0n) is 19.0. The van der Waals surface area contributed by atoms with E-state index >= 15 is 0 Å². The number of benzene rings is 2. The average Bonchev–Trinajstić information content (AvgIpc) is 3.04. The highest BCUT2D eigenvalue weighted by Gasteiger charge is 2.23. The van der Waals surface area contributed by atoms with Crippen molar-refractivity contribution in [2.45, 2.75) is 18.4 Å². The van der Waals surface area contributed by atoms with Crippen LogP contribution in [0.15, 0.2) is 93.5 Å². The lowest BCUT2D eigenvalue weighted by Gasteiger charge is -2.10. The van der Waals surface area contributed by atoms with Crippen molar-refractivity contribution in [2.75, 3.05) is 10.0 Å². The second-order valence-corrected chi connectivity index (χ2v) is 9.47. The Hall–Kier alpha value is -4.38. The summed E-state index contributed by atoms with van der Waals surface area (Å²) in [6.45, 7) is 1.41. The van der Waals surface area contributed by atoms with Gasteiger partial charge in [-0.2, -0.15) is 0 Å². The Morgan fingerprint density at radius 1 is 0.943 bits per heavy atom. The Morgan fingerprint density at radius 3 is 2.37 bits per heavy atom. The van der Waals surface area contributed by atoms with E-state index in [2.05, 4.69) is 10.0 Å². The van der Waals surface area contributed by atoms with Crippen LogP contribution in [0.25, 0.3) is 5.69 Å². The van der Waals surface area contributed by atoms with E-state index in [0.29, 0.717) is 11.4 Å². The Bertz CT molecular complexity index is 1620. The maximum atomic E-state index is 13.1. The first-order valence-electron chi connectivity index (χ1n) is 10.6. The quantitative estimate of drug-likeness (QED) is 0.408. The number of amides is 1. The van der Waals surface area contributed by atoms with E-state index in [1.165, 1.54) is 45.8 Å². The molecule has 0 aliphatic heterocycles. The molecule has 0 fully saturated rings. The highest BCUT2D eigenvalue weighted by molar-refractivity contribution is 7.92. The lowest BCUT2D eigenvalue weighted by Crippen LogP contribution is -2.26. The van der Waals surface area contributed by atoms with Crippen LogP contribution in [0, 0.1) is 6.92 Å². The Balaban J connectivity index is 1.58. The summed E-state index contributed by atoms with van der Waals surface area (Å²) in [5, 5.41) is 2.59. The maximum absolute atomic E-state index is 13.1. The summed E-state index contributed by atoms with van der Waals surface area (Å²) in [5.74, 6) is -0.495. The minimum absolute atomic E-state index is 0.0748. The van der Waals surface area contributed by atoms with Crippen molar-refractivity contribution in [1.82, 2.24) is 13.9 Å². The number of anilines is 2.